The zero-order valence-corrected chi connectivity index (χ0v) is 10.6. The van der Waals surface area contributed by atoms with Crippen LogP contribution in [0.25, 0.3) is 0 Å². The SMILES string of the molecule is O=C(O)CC1CCC(O)CC1.[K]. The molecule has 0 spiro atoms. The number of carbonyl (C=O) groups is 1. The minimum absolute atomic E-state index is 0. The van der Waals surface area contributed by atoms with E-state index in [1.165, 1.54) is 0 Å². The monoisotopic (exact) mass is 197 g/mol. The first-order valence-electron chi connectivity index (χ1n) is 4.08. The second-order valence-electron chi connectivity index (χ2n) is 3.27. The molecule has 1 aliphatic carbocycles. The van der Waals surface area contributed by atoms with Gasteiger partial charge in [0, 0.05) is 57.8 Å². The van der Waals surface area contributed by atoms with E-state index in [1.54, 1.807) is 0 Å². The number of aliphatic hydroxyl groups excluding tert-OH is 1. The van der Waals surface area contributed by atoms with Gasteiger partial charge in [0.05, 0.1) is 6.10 Å². The molecule has 1 radical (unpaired) electrons. The van der Waals surface area contributed by atoms with Gasteiger partial charge in [-0.1, -0.05) is 0 Å². The predicted molar refractivity (Wildman–Crippen MR) is 46.0 cm³/mol. The summed E-state index contributed by atoms with van der Waals surface area (Å²) in [7, 11) is 0. The topological polar surface area (TPSA) is 57.5 Å². The summed E-state index contributed by atoms with van der Waals surface area (Å²) in [6, 6.07) is 0. The standard InChI is InChI=1S/C8H14O3.K/c9-7-3-1-6(2-4-7)5-8(10)11;/h6-7,9H,1-5H2,(H,10,11);. The zero-order valence-electron chi connectivity index (χ0n) is 7.49. The maximum Gasteiger partial charge on any atom is 0.303 e. The van der Waals surface area contributed by atoms with Gasteiger partial charge in [-0.25, -0.2) is 0 Å². The van der Waals surface area contributed by atoms with Crippen LogP contribution in [0, 0.1) is 5.92 Å². The Morgan fingerprint density at radius 3 is 2.17 bits per heavy atom. The summed E-state index contributed by atoms with van der Waals surface area (Å²) in [6.07, 6.45) is 3.38. The summed E-state index contributed by atoms with van der Waals surface area (Å²) < 4.78 is 0. The summed E-state index contributed by atoms with van der Waals surface area (Å²) in [6.45, 7) is 0. The molecule has 0 aromatic carbocycles. The number of hydrogen-bond donors (Lipinski definition) is 2. The summed E-state index contributed by atoms with van der Waals surface area (Å²) in [5.74, 6) is -0.415. The average molecular weight is 197 g/mol. The van der Waals surface area contributed by atoms with Crippen LogP contribution in [0.1, 0.15) is 32.1 Å². The Kier molecular flexibility index (Phi) is 7.09. The largest absolute Gasteiger partial charge is 0.481 e. The molecule has 0 bridgehead atoms. The fourth-order valence-electron chi connectivity index (χ4n) is 1.60. The number of aliphatic carboxylic acids is 1. The number of carboxylic acid groups (broad SMARTS) is 1. The first kappa shape index (κ1) is 13.1. The second kappa shape index (κ2) is 6.51. The molecule has 0 heterocycles. The van der Waals surface area contributed by atoms with Crippen molar-refractivity contribution in [1.82, 2.24) is 0 Å². The number of carboxylic acids is 1. The van der Waals surface area contributed by atoms with E-state index in [0.717, 1.165) is 25.7 Å². The Bertz CT molecular complexity index is 141. The smallest absolute Gasteiger partial charge is 0.303 e. The van der Waals surface area contributed by atoms with Gasteiger partial charge in [-0.2, -0.15) is 0 Å². The van der Waals surface area contributed by atoms with Gasteiger partial charge in [0.2, 0.25) is 0 Å². The van der Waals surface area contributed by atoms with E-state index in [1.807, 2.05) is 0 Å². The van der Waals surface area contributed by atoms with Gasteiger partial charge in [0.1, 0.15) is 0 Å². The molecule has 1 rings (SSSR count). The van der Waals surface area contributed by atoms with Crippen LogP contribution in [0.5, 0.6) is 0 Å². The Hall–Kier alpha value is 1.07. The maximum atomic E-state index is 10.3. The molecule has 2 N–H and O–H groups in total. The van der Waals surface area contributed by atoms with E-state index in [0.29, 0.717) is 5.92 Å². The second-order valence-corrected chi connectivity index (χ2v) is 3.27. The molecule has 0 amide bonds. The molecule has 4 heteroatoms. The molecule has 1 saturated carbocycles. The van der Waals surface area contributed by atoms with Crippen molar-refractivity contribution in [2.24, 2.45) is 5.92 Å². The average Bonchev–Trinajstić information content (AvgIpc) is 1.93. The van der Waals surface area contributed by atoms with E-state index in [4.69, 9.17) is 10.2 Å². The Morgan fingerprint density at radius 2 is 1.75 bits per heavy atom. The quantitative estimate of drug-likeness (QED) is 0.638. The molecule has 65 valence electrons. The van der Waals surface area contributed by atoms with Crippen LogP contribution in [-0.4, -0.2) is 73.7 Å². The summed E-state index contributed by atoms with van der Waals surface area (Å²) in [5, 5.41) is 17.6. The molecule has 0 aromatic heterocycles. The third kappa shape index (κ3) is 4.94. The van der Waals surface area contributed by atoms with Crippen LogP contribution in [0.15, 0.2) is 0 Å². The fraction of sp³-hybridized carbons (Fsp3) is 0.875. The van der Waals surface area contributed by atoms with E-state index in [2.05, 4.69) is 0 Å². The van der Waals surface area contributed by atoms with Crippen LogP contribution < -0.4 is 0 Å². The molecule has 0 aliphatic heterocycles. The van der Waals surface area contributed by atoms with E-state index in [9.17, 15) is 4.79 Å². The van der Waals surface area contributed by atoms with Gasteiger partial charge in [0.25, 0.3) is 0 Å². The van der Waals surface area contributed by atoms with Crippen LogP contribution in [0.4, 0.5) is 0 Å². The molecule has 1 fully saturated rings. The van der Waals surface area contributed by atoms with Gasteiger partial charge in [0.15, 0.2) is 0 Å². The van der Waals surface area contributed by atoms with Crippen molar-refractivity contribution in [1.29, 1.82) is 0 Å². The van der Waals surface area contributed by atoms with Gasteiger partial charge in [-0.3, -0.25) is 4.79 Å². The number of aliphatic hydroxyl groups is 1. The number of hydrogen-bond acceptors (Lipinski definition) is 2. The molecule has 3 nitrogen and oxygen atoms in total. The molecule has 1 aliphatic rings. The molecule has 0 atom stereocenters. The molecule has 0 saturated heterocycles. The van der Waals surface area contributed by atoms with Crippen molar-refractivity contribution >= 4 is 57.4 Å². The van der Waals surface area contributed by atoms with E-state index in [-0.39, 0.29) is 63.9 Å². The Labute approximate surface area is 115 Å². The van der Waals surface area contributed by atoms with Crippen LogP contribution in [0.3, 0.4) is 0 Å². The van der Waals surface area contributed by atoms with Crippen molar-refractivity contribution in [2.75, 3.05) is 0 Å². The summed E-state index contributed by atoms with van der Waals surface area (Å²) >= 11 is 0. The first-order chi connectivity index (χ1) is 5.18. The van der Waals surface area contributed by atoms with E-state index >= 15 is 0 Å². The van der Waals surface area contributed by atoms with Crippen molar-refractivity contribution in [2.45, 2.75) is 38.2 Å². The van der Waals surface area contributed by atoms with Gasteiger partial charge in [-0.05, 0) is 31.6 Å². The summed E-state index contributed by atoms with van der Waals surface area (Å²) in [5.41, 5.74) is 0. The molecule has 12 heavy (non-hydrogen) atoms. The fourth-order valence-corrected chi connectivity index (χ4v) is 1.60. The number of rotatable bonds is 2. The zero-order chi connectivity index (χ0) is 8.27. The van der Waals surface area contributed by atoms with E-state index < -0.39 is 5.97 Å². The summed E-state index contributed by atoms with van der Waals surface area (Å²) in [4.78, 5) is 10.3. The Morgan fingerprint density at radius 1 is 1.25 bits per heavy atom. The van der Waals surface area contributed by atoms with Gasteiger partial charge < -0.3 is 10.2 Å². The van der Waals surface area contributed by atoms with Crippen molar-refractivity contribution < 1.29 is 15.0 Å². The van der Waals surface area contributed by atoms with Crippen molar-refractivity contribution in [3.8, 4) is 0 Å². The van der Waals surface area contributed by atoms with Crippen LogP contribution in [-0.2, 0) is 4.79 Å². The van der Waals surface area contributed by atoms with Gasteiger partial charge >= 0.3 is 5.97 Å². The van der Waals surface area contributed by atoms with Gasteiger partial charge in [-0.15, -0.1) is 0 Å². The third-order valence-corrected chi connectivity index (χ3v) is 2.28. The minimum Gasteiger partial charge on any atom is -0.481 e. The predicted octanol–water partition coefficient (Wildman–Crippen LogP) is 0.631. The van der Waals surface area contributed by atoms with Crippen LogP contribution >= 0.6 is 0 Å². The molecular formula is C8H14KO3. The van der Waals surface area contributed by atoms with Crippen molar-refractivity contribution in [3.63, 3.8) is 0 Å². The minimum atomic E-state index is -0.716. The first-order valence-corrected chi connectivity index (χ1v) is 4.08. The molecule has 0 unspecified atom stereocenters. The third-order valence-electron chi connectivity index (χ3n) is 2.28. The molecule has 0 aromatic rings. The normalized spacial score (nSPS) is 29.1. The van der Waals surface area contributed by atoms with Crippen LogP contribution in [0.2, 0.25) is 0 Å². The molecular weight excluding hydrogens is 183 g/mol. The maximum absolute atomic E-state index is 10.3. The van der Waals surface area contributed by atoms with Crippen molar-refractivity contribution in [3.05, 3.63) is 0 Å². The Balaban J connectivity index is 0.00000121.